The third-order valence-electron chi connectivity index (χ3n) is 4.64. The van der Waals surface area contributed by atoms with Gasteiger partial charge < -0.3 is 5.32 Å². The Bertz CT molecular complexity index is 888. The SMILES string of the molecule is C[C@@H](NC(=O)CN1CCN(S(=O)(=O)/C=C/c2ccccc2)CC1)c1cccs1. The van der Waals surface area contributed by atoms with Crippen LogP contribution in [-0.2, 0) is 14.8 Å². The van der Waals surface area contributed by atoms with E-state index in [0.717, 1.165) is 10.4 Å². The van der Waals surface area contributed by atoms with Crippen LogP contribution in [0.4, 0.5) is 0 Å². The van der Waals surface area contributed by atoms with Crippen LogP contribution in [0.3, 0.4) is 0 Å². The Labute approximate surface area is 170 Å². The zero-order chi connectivity index (χ0) is 20.0. The van der Waals surface area contributed by atoms with Crippen LogP contribution in [0, 0.1) is 0 Å². The molecule has 0 unspecified atom stereocenters. The fourth-order valence-corrected chi connectivity index (χ4v) is 4.96. The standard InChI is InChI=1S/C20H25N3O3S2/c1-17(19-8-5-14-27-19)21-20(24)16-22-10-12-23(13-11-22)28(25,26)15-9-18-6-3-2-4-7-18/h2-9,14-15,17H,10-13,16H2,1H3,(H,21,24)/b15-9+/t17-/m1/s1. The van der Waals surface area contributed by atoms with E-state index >= 15 is 0 Å². The second-order valence-electron chi connectivity index (χ2n) is 6.74. The molecule has 0 spiro atoms. The summed E-state index contributed by atoms with van der Waals surface area (Å²) in [4.78, 5) is 15.4. The van der Waals surface area contributed by atoms with Crippen LogP contribution in [0.1, 0.15) is 23.4 Å². The number of nitrogens with one attached hydrogen (secondary N) is 1. The zero-order valence-electron chi connectivity index (χ0n) is 15.8. The molecule has 3 rings (SSSR count). The third kappa shape index (κ3) is 5.75. The van der Waals surface area contributed by atoms with Crippen LogP contribution in [-0.4, -0.2) is 56.3 Å². The van der Waals surface area contributed by atoms with E-state index in [2.05, 4.69) is 5.32 Å². The minimum Gasteiger partial charge on any atom is -0.348 e. The first-order chi connectivity index (χ1) is 13.4. The molecule has 28 heavy (non-hydrogen) atoms. The van der Waals surface area contributed by atoms with Crippen molar-refractivity contribution in [3.8, 4) is 0 Å². The predicted octanol–water partition coefficient (Wildman–Crippen LogP) is 2.54. The normalized spacial score (nSPS) is 17.6. The Morgan fingerprint density at radius 3 is 2.50 bits per heavy atom. The number of thiophene rings is 1. The molecule has 0 bridgehead atoms. The summed E-state index contributed by atoms with van der Waals surface area (Å²) in [6, 6.07) is 13.3. The second kappa shape index (κ2) is 9.47. The molecule has 1 saturated heterocycles. The number of carbonyl (C=O) groups excluding carboxylic acids is 1. The molecule has 1 N–H and O–H groups in total. The number of hydrogen-bond acceptors (Lipinski definition) is 5. The fraction of sp³-hybridized carbons (Fsp3) is 0.350. The van der Waals surface area contributed by atoms with Gasteiger partial charge in [-0.2, -0.15) is 4.31 Å². The van der Waals surface area contributed by atoms with Gasteiger partial charge in [0.2, 0.25) is 15.9 Å². The Balaban J connectivity index is 1.47. The van der Waals surface area contributed by atoms with Crippen LogP contribution >= 0.6 is 11.3 Å². The van der Waals surface area contributed by atoms with Gasteiger partial charge in [0.25, 0.3) is 0 Å². The van der Waals surface area contributed by atoms with Gasteiger partial charge >= 0.3 is 0 Å². The number of carbonyl (C=O) groups is 1. The number of hydrogen-bond donors (Lipinski definition) is 1. The number of piperazine rings is 1. The van der Waals surface area contributed by atoms with Gasteiger partial charge in [-0.05, 0) is 30.0 Å². The highest BCUT2D eigenvalue weighted by Crippen LogP contribution is 2.18. The average Bonchev–Trinajstić information content (AvgIpc) is 3.23. The van der Waals surface area contributed by atoms with Crippen molar-refractivity contribution < 1.29 is 13.2 Å². The Morgan fingerprint density at radius 1 is 1.14 bits per heavy atom. The van der Waals surface area contributed by atoms with Crippen molar-refractivity contribution in [2.75, 3.05) is 32.7 Å². The zero-order valence-corrected chi connectivity index (χ0v) is 17.5. The topological polar surface area (TPSA) is 69.7 Å². The quantitative estimate of drug-likeness (QED) is 0.749. The first-order valence-electron chi connectivity index (χ1n) is 9.22. The first kappa shape index (κ1) is 20.7. The van der Waals surface area contributed by atoms with Crippen molar-refractivity contribution >= 4 is 33.3 Å². The molecule has 1 atom stereocenters. The highest BCUT2D eigenvalue weighted by molar-refractivity contribution is 7.92. The van der Waals surface area contributed by atoms with Gasteiger partial charge in [-0.15, -0.1) is 11.3 Å². The number of amides is 1. The molecule has 1 aliphatic rings. The van der Waals surface area contributed by atoms with E-state index in [-0.39, 0.29) is 18.5 Å². The van der Waals surface area contributed by atoms with Gasteiger partial charge in [0, 0.05) is 36.5 Å². The van der Waals surface area contributed by atoms with E-state index in [1.165, 1.54) is 9.71 Å². The van der Waals surface area contributed by atoms with Crippen molar-refractivity contribution in [2.45, 2.75) is 13.0 Å². The maximum atomic E-state index is 12.5. The Kier molecular flexibility index (Phi) is 7.01. The van der Waals surface area contributed by atoms with Crippen LogP contribution in [0.2, 0.25) is 0 Å². The lowest BCUT2D eigenvalue weighted by molar-refractivity contribution is -0.123. The number of benzene rings is 1. The van der Waals surface area contributed by atoms with Crippen molar-refractivity contribution in [3.05, 3.63) is 63.7 Å². The molecule has 2 heterocycles. The molecule has 1 aromatic carbocycles. The molecule has 150 valence electrons. The Morgan fingerprint density at radius 2 is 1.86 bits per heavy atom. The van der Waals surface area contributed by atoms with E-state index < -0.39 is 10.0 Å². The molecule has 8 heteroatoms. The largest absolute Gasteiger partial charge is 0.348 e. The van der Waals surface area contributed by atoms with Crippen LogP contribution in [0.25, 0.3) is 6.08 Å². The molecule has 0 aliphatic carbocycles. The van der Waals surface area contributed by atoms with E-state index in [1.807, 2.05) is 59.7 Å². The summed E-state index contributed by atoms with van der Waals surface area (Å²) >= 11 is 1.62. The number of nitrogens with zero attached hydrogens (tertiary/aromatic N) is 2. The van der Waals surface area contributed by atoms with Gasteiger partial charge in [0.05, 0.1) is 12.6 Å². The molecule has 1 fully saturated rings. The molecular formula is C20H25N3O3S2. The maximum absolute atomic E-state index is 12.5. The van der Waals surface area contributed by atoms with E-state index in [1.54, 1.807) is 17.4 Å². The van der Waals surface area contributed by atoms with Crippen molar-refractivity contribution in [1.29, 1.82) is 0 Å². The molecule has 0 saturated carbocycles. The van der Waals surface area contributed by atoms with Crippen molar-refractivity contribution in [2.24, 2.45) is 0 Å². The Hall–Kier alpha value is -2.00. The molecule has 2 aromatic rings. The number of sulfonamides is 1. The summed E-state index contributed by atoms with van der Waals surface area (Å²) in [6.45, 7) is 4.10. The molecular weight excluding hydrogens is 394 g/mol. The summed E-state index contributed by atoms with van der Waals surface area (Å²) in [6.07, 6.45) is 1.61. The van der Waals surface area contributed by atoms with Crippen LogP contribution < -0.4 is 5.32 Å². The van der Waals surface area contributed by atoms with Crippen LogP contribution in [0.5, 0.6) is 0 Å². The monoisotopic (exact) mass is 419 g/mol. The average molecular weight is 420 g/mol. The van der Waals surface area contributed by atoms with Crippen molar-refractivity contribution in [3.63, 3.8) is 0 Å². The summed E-state index contributed by atoms with van der Waals surface area (Å²) in [7, 11) is -3.46. The predicted molar refractivity (Wildman–Crippen MR) is 113 cm³/mol. The first-order valence-corrected chi connectivity index (χ1v) is 11.6. The molecule has 1 aliphatic heterocycles. The number of rotatable bonds is 7. The highest BCUT2D eigenvalue weighted by atomic mass is 32.2. The molecule has 0 radical (unpaired) electrons. The lowest BCUT2D eigenvalue weighted by atomic mass is 10.2. The summed E-state index contributed by atoms with van der Waals surface area (Å²) in [5.74, 6) is -0.0406. The smallest absolute Gasteiger partial charge is 0.236 e. The van der Waals surface area contributed by atoms with Gasteiger partial charge in [0.1, 0.15) is 0 Å². The van der Waals surface area contributed by atoms with Gasteiger partial charge in [0.15, 0.2) is 0 Å². The van der Waals surface area contributed by atoms with Gasteiger partial charge in [-0.25, -0.2) is 8.42 Å². The van der Waals surface area contributed by atoms with E-state index in [9.17, 15) is 13.2 Å². The summed E-state index contributed by atoms with van der Waals surface area (Å²) in [5, 5.41) is 6.24. The molecule has 1 aromatic heterocycles. The summed E-state index contributed by atoms with van der Waals surface area (Å²) in [5.41, 5.74) is 0.848. The van der Waals surface area contributed by atoms with Gasteiger partial charge in [-0.3, -0.25) is 9.69 Å². The van der Waals surface area contributed by atoms with E-state index in [4.69, 9.17) is 0 Å². The lowest BCUT2D eigenvalue weighted by Crippen LogP contribution is -2.50. The fourth-order valence-electron chi connectivity index (χ4n) is 3.06. The maximum Gasteiger partial charge on any atom is 0.236 e. The minimum absolute atomic E-state index is 0.0164. The van der Waals surface area contributed by atoms with E-state index in [0.29, 0.717) is 26.2 Å². The van der Waals surface area contributed by atoms with Gasteiger partial charge in [-0.1, -0.05) is 36.4 Å². The third-order valence-corrected chi connectivity index (χ3v) is 7.26. The summed E-state index contributed by atoms with van der Waals surface area (Å²) < 4.78 is 26.5. The molecule has 1 amide bonds. The highest BCUT2D eigenvalue weighted by Gasteiger charge is 2.26. The van der Waals surface area contributed by atoms with Crippen molar-refractivity contribution in [1.82, 2.24) is 14.5 Å². The minimum atomic E-state index is -3.46. The van der Waals surface area contributed by atoms with Crippen LogP contribution in [0.15, 0.2) is 53.3 Å². The lowest BCUT2D eigenvalue weighted by Gasteiger charge is -2.33. The second-order valence-corrected chi connectivity index (χ2v) is 9.54. The molecule has 6 nitrogen and oxygen atoms in total.